The zero-order valence-corrected chi connectivity index (χ0v) is 12.6. The molecule has 0 aliphatic heterocycles. The predicted molar refractivity (Wildman–Crippen MR) is 81.1 cm³/mol. The van der Waals surface area contributed by atoms with Crippen molar-refractivity contribution in [2.75, 3.05) is 0 Å². The van der Waals surface area contributed by atoms with E-state index in [4.69, 9.17) is 5.73 Å². The van der Waals surface area contributed by atoms with Crippen molar-refractivity contribution < 1.29 is 0 Å². The number of nitrogens with two attached hydrogens (primary N) is 1. The molecule has 3 atom stereocenters. The van der Waals surface area contributed by atoms with Crippen LogP contribution >= 0.6 is 12.4 Å². The summed E-state index contributed by atoms with van der Waals surface area (Å²) < 4.78 is 0. The Morgan fingerprint density at radius 2 is 1.78 bits per heavy atom. The van der Waals surface area contributed by atoms with Gasteiger partial charge in [-0.1, -0.05) is 44.2 Å². The van der Waals surface area contributed by atoms with Crippen LogP contribution in [0, 0.1) is 11.3 Å². The van der Waals surface area contributed by atoms with E-state index in [-0.39, 0.29) is 17.9 Å². The summed E-state index contributed by atoms with van der Waals surface area (Å²) in [5.74, 6) is 0.743. The van der Waals surface area contributed by atoms with E-state index in [2.05, 4.69) is 51.1 Å². The largest absolute Gasteiger partial charge is 0.325 e. The molecule has 1 fully saturated rings. The highest BCUT2D eigenvalue weighted by Gasteiger charge is 2.39. The predicted octanol–water partition coefficient (Wildman–Crippen LogP) is 4.19. The van der Waals surface area contributed by atoms with Crippen LogP contribution < -0.4 is 5.73 Å². The Labute approximate surface area is 118 Å². The quantitative estimate of drug-likeness (QED) is 0.854. The molecular formula is C16H26ClN. The van der Waals surface area contributed by atoms with Crippen molar-refractivity contribution in [1.29, 1.82) is 0 Å². The molecule has 0 bridgehead atoms. The Balaban J connectivity index is 0.00000162. The first kappa shape index (κ1) is 15.5. The summed E-state index contributed by atoms with van der Waals surface area (Å²) in [5.41, 5.74) is 8.22. The zero-order valence-electron chi connectivity index (χ0n) is 11.8. The lowest BCUT2D eigenvalue weighted by atomic mass is 9.62. The molecule has 2 rings (SSSR count). The number of benzene rings is 1. The van der Waals surface area contributed by atoms with Crippen LogP contribution in [0.15, 0.2) is 30.3 Å². The van der Waals surface area contributed by atoms with Crippen LogP contribution in [0.25, 0.3) is 0 Å². The fourth-order valence-corrected chi connectivity index (χ4v) is 4.05. The molecule has 0 radical (unpaired) electrons. The summed E-state index contributed by atoms with van der Waals surface area (Å²) in [6, 6.07) is 10.8. The average Bonchev–Trinajstić information content (AvgIpc) is 2.13. The van der Waals surface area contributed by atoms with E-state index in [0.717, 1.165) is 25.2 Å². The Morgan fingerprint density at radius 3 is 2.33 bits per heavy atom. The van der Waals surface area contributed by atoms with Crippen molar-refractivity contribution in [3.63, 3.8) is 0 Å². The van der Waals surface area contributed by atoms with Crippen molar-refractivity contribution in [2.24, 2.45) is 17.1 Å². The van der Waals surface area contributed by atoms with Gasteiger partial charge in [0.05, 0.1) is 0 Å². The maximum Gasteiger partial charge on any atom is 0.0133 e. The molecule has 1 nitrogen and oxygen atoms in total. The van der Waals surface area contributed by atoms with Crippen molar-refractivity contribution in [2.45, 2.75) is 52.0 Å². The van der Waals surface area contributed by atoms with Crippen molar-refractivity contribution in [1.82, 2.24) is 0 Å². The van der Waals surface area contributed by atoms with Gasteiger partial charge in [-0.15, -0.1) is 12.4 Å². The van der Waals surface area contributed by atoms with Gasteiger partial charge in [0, 0.05) is 5.54 Å². The minimum Gasteiger partial charge on any atom is -0.325 e. The van der Waals surface area contributed by atoms with Crippen LogP contribution in [-0.4, -0.2) is 5.54 Å². The number of hydrogen-bond donors (Lipinski definition) is 1. The van der Waals surface area contributed by atoms with Crippen LogP contribution in [-0.2, 0) is 6.42 Å². The third-order valence-electron chi connectivity index (χ3n) is 3.96. The minimum atomic E-state index is 0. The van der Waals surface area contributed by atoms with Gasteiger partial charge in [-0.2, -0.15) is 0 Å². The van der Waals surface area contributed by atoms with Crippen LogP contribution in [0.2, 0.25) is 0 Å². The topological polar surface area (TPSA) is 26.0 Å². The Morgan fingerprint density at radius 1 is 1.17 bits per heavy atom. The lowest BCUT2D eigenvalue weighted by molar-refractivity contribution is 0.102. The smallest absolute Gasteiger partial charge is 0.0133 e. The van der Waals surface area contributed by atoms with E-state index in [1.54, 1.807) is 0 Å². The summed E-state index contributed by atoms with van der Waals surface area (Å²) in [7, 11) is 0. The number of halogens is 1. The van der Waals surface area contributed by atoms with E-state index >= 15 is 0 Å². The second kappa shape index (κ2) is 5.63. The molecule has 1 aliphatic carbocycles. The van der Waals surface area contributed by atoms with Gasteiger partial charge in [0.2, 0.25) is 0 Å². The highest BCUT2D eigenvalue weighted by molar-refractivity contribution is 5.85. The maximum atomic E-state index is 6.40. The molecule has 0 saturated heterocycles. The second-order valence-corrected chi connectivity index (χ2v) is 6.82. The van der Waals surface area contributed by atoms with Gasteiger partial charge in [-0.3, -0.25) is 0 Å². The molecule has 1 saturated carbocycles. The molecular weight excluding hydrogens is 242 g/mol. The van der Waals surface area contributed by atoms with Gasteiger partial charge in [0.15, 0.2) is 0 Å². The van der Waals surface area contributed by atoms with E-state index in [1.165, 1.54) is 12.0 Å². The number of hydrogen-bond acceptors (Lipinski definition) is 1. The van der Waals surface area contributed by atoms with Crippen LogP contribution in [0.3, 0.4) is 0 Å². The van der Waals surface area contributed by atoms with Gasteiger partial charge < -0.3 is 5.73 Å². The zero-order chi connectivity index (χ0) is 12.5. The highest BCUT2D eigenvalue weighted by atomic mass is 35.5. The van der Waals surface area contributed by atoms with Crippen molar-refractivity contribution in [3.05, 3.63) is 35.9 Å². The van der Waals surface area contributed by atoms with Crippen molar-refractivity contribution >= 4 is 12.4 Å². The first-order valence-corrected chi connectivity index (χ1v) is 6.71. The van der Waals surface area contributed by atoms with E-state index < -0.39 is 0 Å². The SMILES string of the molecule is C[C@@H]1C[C@@](C)(N)C[C@@](C)(Cc2ccccc2)C1.Cl. The third-order valence-corrected chi connectivity index (χ3v) is 3.96. The molecule has 1 aliphatic rings. The minimum absolute atomic E-state index is 0. The van der Waals surface area contributed by atoms with E-state index in [1.807, 2.05) is 0 Å². The highest BCUT2D eigenvalue weighted by Crippen LogP contribution is 2.44. The Bertz CT molecular complexity index is 374. The fraction of sp³-hybridized carbons (Fsp3) is 0.625. The maximum absolute atomic E-state index is 6.40. The molecule has 2 N–H and O–H groups in total. The molecule has 1 aromatic carbocycles. The molecule has 2 heteroatoms. The molecule has 0 spiro atoms. The lowest BCUT2D eigenvalue weighted by Gasteiger charge is -2.46. The monoisotopic (exact) mass is 267 g/mol. The Hall–Kier alpha value is -0.530. The number of rotatable bonds is 2. The molecule has 18 heavy (non-hydrogen) atoms. The van der Waals surface area contributed by atoms with Gasteiger partial charge in [-0.25, -0.2) is 0 Å². The van der Waals surface area contributed by atoms with Crippen LogP contribution in [0.5, 0.6) is 0 Å². The van der Waals surface area contributed by atoms with Gasteiger partial charge in [0.25, 0.3) is 0 Å². The molecule has 0 heterocycles. The van der Waals surface area contributed by atoms with Crippen LogP contribution in [0.1, 0.15) is 45.6 Å². The summed E-state index contributed by atoms with van der Waals surface area (Å²) in [4.78, 5) is 0. The molecule has 102 valence electrons. The summed E-state index contributed by atoms with van der Waals surface area (Å²) >= 11 is 0. The van der Waals surface area contributed by atoms with Crippen LogP contribution in [0.4, 0.5) is 0 Å². The molecule has 0 amide bonds. The average molecular weight is 268 g/mol. The first-order valence-electron chi connectivity index (χ1n) is 6.71. The third kappa shape index (κ3) is 4.00. The van der Waals surface area contributed by atoms with Gasteiger partial charge in [-0.05, 0) is 49.5 Å². The summed E-state index contributed by atoms with van der Waals surface area (Å²) in [5, 5.41) is 0. The normalized spacial score (nSPS) is 35.9. The summed E-state index contributed by atoms with van der Waals surface area (Å²) in [6.45, 7) is 6.96. The summed E-state index contributed by atoms with van der Waals surface area (Å²) in [6.07, 6.45) is 4.76. The second-order valence-electron chi connectivity index (χ2n) is 6.82. The lowest BCUT2D eigenvalue weighted by Crippen LogP contribution is -2.48. The fourth-order valence-electron chi connectivity index (χ4n) is 4.05. The molecule has 0 unspecified atom stereocenters. The Kier molecular flexibility index (Phi) is 4.85. The van der Waals surface area contributed by atoms with Gasteiger partial charge in [0.1, 0.15) is 0 Å². The molecule has 0 aromatic heterocycles. The van der Waals surface area contributed by atoms with E-state index in [9.17, 15) is 0 Å². The van der Waals surface area contributed by atoms with Gasteiger partial charge >= 0.3 is 0 Å². The molecule has 1 aromatic rings. The first-order chi connectivity index (χ1) is 7.89. The standard InChI is InChI=1S/C16H25N.ClH/c1-13-9-15(2,12-16(3,17)10-13)11-14-7-5-4-6-8-14;/h4-8,13H,9-12,17H2,1-3H3;1H/t13-,15+,16+;/m0./s1. The van der Waals surface area contributed by atoms with E-state index in [0.29, 0.717) is 5.41 Å². The van der Waals surface area contributed by atoms with Crippen molar-refractivity contribution in [3.8, 4) is 0 Å².